The number of benzene rings is 2. The van der Waals surface area contributed by atoms with Crippen LogP contribution in [0.1, 0.15) is 21.5 Å². The van der Waals surface area contributed by atoms with Gasteiger partial charge in [-0.25, -0.2) is 0 Å². The fraction of sp³-hybridized carbons (Fsp3) is 0.0833. The van der Waals surface area contributed by atoms with Gasteiger partial charge in [-0.2, -0.15) is 9.61 Å². The van der Waals surface area contributed by atoms with E-state index in [4.69, 9.17) is 5.10 Å². The quantitative estimate of drug-likeness (QED) is 0.419. The lowest BCUT2D eigenvalue weighted by atomic mass is 10.1. The summed E-state index contributed by atoms with van der Waals surface area (Å²) in [7, 11) is 0. The third-order valence-electron chi connectivity index (χ3n) is 4.93. The fourth-order valence-electron chi connectivity index (χ4n) is 3.54. The highest BCUT2D eigenvalue weighted by Gasteiger charge is 2.12. The summed E-state index contributed by atoms with van der Waals surface area (Å²) in [4.78, 5) is 13.6. The summed E-state index contributed by atoms with van der Waals surface area (Å²) in [6.07, 6.45) is 0. The van der Waals surface area contributed by atoms with Crippen LogP contribution in [-0.2, 0) is 0 Å². The van der Waals surface area contributed by atoms with Gasteiger partial charge in [0, 0.05) is 16.8 Å². The molecule has 2 aromatic carbocycles. The first-order valence-corrected chi connectivity index (χ1v) is 10.7. The molecular formula is C24H19N5OS. The van der Waals surface area contributed by atoms with E-state index in [9.17, 15) is 4.79 Å². The van der Waals surface area contributed by atoms with Crippen LogP contribution in [0.2, 0.25) is 0 Å². The lowest BCUT2D eigenvalue weighted by molar-refractivity contribution is 0.102. The van der Waals surface area contributed by atoms with Crippen molar-refractivity contribution in [3.8, 4) is 22.0 Å². The van der Waals surface area contributed by atoms with Gasteiger partial charge in [-0.15, -0.1) is 21.5 Å². The molecule has 7 heteroatoms. The second kappa shape index (κ2) is 7.77. The summed E-state index contributed by atoms with van der Waals surface area (Å²) >= 11 is 1.60. The SMILES string of the molecule is Cc1cc(C)cc(C(=O)Nc2ccc(-c3ccc4nnc(-c5cccs5)n4n3)cc2)c1. The van der Waals surface area contributed by atoms with E-state index in [1.165, 1.54) is 0 Å². The third-order valence-corrected chi connectivity index (χ3v) is 5.79. The molecule has 1 N–H and O–H groups in total. The van der Waals surface area contributed by atoms with Gasteiger partial charge < -0.3 is 5.32 Å². The average Bonchev–Trinajstić information content (AvgIpc) is 3.42. The normalized spacial score (nSPS) is 11.0. The number of anilines is 1. The second-order valence-electron chi connectivity index (χ2n) is 7.40. The zero-order valence-electron chi connectivity index (χ0n) is 17.0. The zero-order chi connectivity index (χ0) is 21.4. The predicted octanol–water partition coefficient (Wildman–Crippen LogP) is 5.39. The van der Waals surface area contributed by atoms with E-state index in [0.29, 0.717) is 11.2 Å². The first kappa shape index (κ1) is 19.1. The summed E-state index contributed by atoms with van der Waals surface area (Å²) < 4.78 is 1.76. The Morgan fingerprint density at radius 3 is 2.42 bits per heavy atom. The van der Waals surface area contributed by atoms with Gasteiger partial charge >= 0.3 is 0 Å². The summed E-state index contributed by atoms with van der Waals surface area (Å²) in [6.45, 7) is 3.98. The topological polar surface area (TPSA) is 72.2 Å². The highest BCUT2D eigenvalue weighted by atomic mass is 32.1. The first-order valence-electron chi connectivity index (χ1n) is 9.83. The van der Waals surface area contributed by atoms with Crippen molar-refractivity contribution in [3.63, 3.8) is 0 Å². The molecule has 0 saturated heterocycles. The van der Waals surface area contributed by atoms with Crippen molar-refractivity contribution in [1.82, 2.24) is 19.8 Å². The molecular weight excluding hydrogens is 406 g/mol. The predicted molar refractivity (Wildman–Crippen MR) is 123 cm³/mol. The van der Waals surface area contributed by atoms with E-state index >= 15 is 0 Å². The molecule has 0 atom stereocenters. The van der Waals surface area contributed by atoms with Gasteiger partial charge in [0.25, 0.3) is 5.91 Å². The molecule has 0 aliphatic rings. The zero-order valence-corrected chi connectivity index (χ0v) is 17.9. The summed E-state index contributed by atoms with van der Waals surface area (Å²) in [5.74, 6) is 0.605. The number of carbonyl (C=O) groups excluding carboxylic acids is 1. The van der Waals surface area contributed by atoms with Crippen LogP contribution in [0.25, 0.3) is 27.6 Å². The molecule has 0 spiro atoms. The molecule has 0 bridgehead atoms. The van der Waals surface area contributed by atoms with E-state index in [1.807, 2.05) is 79.9 Å². The van der Waals surface area contributed by atoms with Crippen LogP contribution in [-0.4, -0.2) is 25.7 Å². The van der Waals surface area contributed by atoms with Gasteiger partial charge in [-0.3, -0.25) is 4.79 Å². The molecule has 0 saturated carbocycles. The van der Waals surface area contributed by atoms with Crippen LogP contribution in [0.5, 0.6) is 0 Å². The second-order valence-corrected chi connectivity index (χ2v) is 8.35. The molecule has 0 aliphatic carbocycles. The number of carbonyl (C=O) groups is 1. The maximum Gasteiger partial charge on any atom is 0.255 e. The number of aryl methyl sites for hydroxylation is 2. The monoisotopic (exact) mass is 425 g/mol. The number of hydrogen-bond donors (Lipinski definition) is 1. The van der Waals surface area contributed by atoms with E-state index < -0.39 is 0 Å². The maximum atomic E-state index is 12.6. The number of amides is 1. The highest BCUT2D eigenvalue weighted by molar-refractivity contribution is 7.13. The van der Waals surface area contributed by atoms with Gasteiger partial charge in [0.2, 0.25) is 0 Å². The Hall–Kier alpha value is -3.84. The first-order chi connectivity index (χ1) is 15.1. The van der Waals surface area contributed by atoms with Crippen LogP contribution >= 0.6 is 11.3 Å². The van der Waals surface area contributed by atoms with Gasteiger partial charge in [0.05, 0.1) is 10.6 Å². The molecule has 5 rings (SSSR count). The maximum absolute atomic E-state index is 12.6. The fourth-order valence-corrected chi connectivity index (χ4v) is 4.23. The summed E-state index contributed by atoms with van der Waals surface area (Å²) in [5, 5.41) is 18.2. The lowest BCUT2D eigenvalue weighted by Crippen LogP contribution is -2.12. The van der Waals surface area contributed by atoms with E-state index in [1.54, 1.807) is 15.9 Å². The molecule has 5 aromatic rings. The van der Waals surface area contributed by atoms with Crippen LogP contribution in [0, 0.1) is 13.8 Å². The molecule has 3 aromatic heterocycles. The molecule has 0 aliphatic heterocycles. The third kappa shape index (κ3) is 3.83. The van der Waals surface area contributed by atoms with Crippen LogP contribution < -0.4 is 5.32 Å². The molecule has 152 valence electrons. The number of rotatable bonds is 4. The van der Waals surface area contributed by atoms with Crippen LogP contribution in [0.15, 0.2) is 72.1 Å². The average molecular weight is 426 g/mol. The number of thiophene rings is 1. The molecule has 31 heavy (non-hydrogen) atoms. The Morgan fingerprint density at radius 1 is 0.935 bits per heavy atom. The minimum absolute atomic E-state index is 0.121. The Bertz CT molecular complexity index is 1370. The largest absolute Gasteiger partial charge is 0.322 e. The minimum Gasteiger partial charge on any atom is -0.322 e. The van der Waals surface area contributed by atoms with Gasteiger partial charge in [0.1, 0.15) is 0 Å². The molecule has 0 unspecified atom stereocenters. The Kier molecular flexibility index (Phi) is 4.80. The molecule has 3 heterocycles. The number of nitrogens with one attached hydrogen (secondary N) is 1. The van der Waals surface area contributed by atoms with Gasteiger partial charge in [0.15, 0.2) is 11.5 Å². The lowest BCUT2D eigenvalue weighted by Gasteiger charge is -2.08. The number of hydrogen-bond acceptors (Lipinski definition) is 5. The van der Waals surface area contributed by atoms with Crippen molar-refractivity contribution in [3.05, 3.63) is 88.8 Å². The summed E-state index contributed by atoms with van der Waals surface area (Å²) in [5.41, 5.74) is 5.97. The van der Waals surface area contributed by atoms with Crippen molar-refractivity contribution in [2.45, 2.75) is 13.8 Å². The summed E-state index contributed by atoms with van der Waals surface area (Å²) in [6, 6.07) is 21.3. The smallest absolute Gasteiger partial charge is 0.255 e. The standard InChI is InChI=1S/C24H19N5OS/c1-15-12-16(2)14-18(13-15)24(30)25-19-7-5-17(6-8-19)20-9-10-22-26-27-23(29(22)28-20)21-4-3-11-31-21/h3-14H,1-2H3,(H,25,30). The van der Waals surface area contributed by atoms with Crippen molar-refractivity contribution in [2.24, 2.45) is 0 Å². The molecule has 0 radical (unpaired) electrons. The Morgan fingerprint density at radius 2 is 1.71 bits per heavy atom. The van der Waals surface area contributed by atoms with Crippen molar-refractivity contribution < 1.29 is 4.79 Å². The van der Waals surface area contributed by atoms with Crippen LogP contribution in [0.4, 0.5) is 5.69 Å². The van der Waals surface area contributed by atoms with E-state index in [-0.39, 0.29) is 5.91 Å². The van der Waals surface area contributed by atoms with Crippen molar-refractivity contribution in [1.29, 1.82) is 0 Å². The number of aromatic nitrogens is 4. The van der Waals surface area contributed by atoms with Crippen molar-refractivity contribution >= 4 is 28.6 Å². The molecule has 6 nitrogen and oxygen atoms in total. The van der Waals surface area contributed by atoms with Crippen molar-refractivity contribution in [2.75, 3.05) is 5.32 Å². The minimum atomic E-state index is -0.121. The van der Waals surface area contributed by atoms with Gasteiger partial charge in [-0.05, 0) is 61.7 Å². The van der Waals surface area contributed by atoms with E-state index in [0.717, 1.165) is 38.8 Å². The van der Waals surface area contributed by atoms with E-state index in [2.05, 4.69) is 21.6 Å². The molecule has 0 fully saturated rings. The Labute approximate surface area is 183 Å². The Balaban J connectivity index is 1.40. The van der Waals surface area contributed by atoms with Gasteiger partial charge in [-0.1, -0.05) is 35.4 Å². The highest BCUT2D eigenvalue weighted by Crippen LogP contribution is 2.25. The number of nitrogens with zero attached hydrogens (tertiary/aromatic N) is 4. The number of fused-ring (bicyclic) bond motifs is 1. The van der Waals surface area contributed by atoms with Crippen LogP contribution in [0.3, 0.4) is 0 Å². The molecule has 1 amide bonds.